The normalized spacial score (nSPS) is 12.5. The fourth-order valence-electron chi connectivity index (χ4n) is 3.94. The lowest BCUT2D eigenvalue weighted by Crippen LogP contribution is -2.12. The number of hydrogen-bond acceptors (Lipinski definition) is 6. The topological polar surface area (TPSA) is 131 Å². The van der Waals surface area contributed by atoms with E-state index < -0.39 is 5.91 Å². The van der Waals surface area contributed by atoms with Gasteiger partial charge in [-0.3, -0.25) is 4.79 Å². The molecule has 32 heavy (non-hydrogen) atoms. The summed E-state index contributed by atoms with van der Waals surface area (Å²) in [5.74, 6) is -0.0934. The molecule has 10 heteroatoms. The highest BCUT2D eigenvalue weighted by molar-refractivity contribution is 6.31. The van der Waals surface area contributed by atoms with Gasteiger partial charge in [0.2, 0.25) is 5.91 Å². The van der Waals surface area contributed by atoms with Crippen LogP contribution in [0.1, 0.15) is 34.7 Å². The average molecular weight is 447 g/mol. The van der Waals surface area contributed by atoms with E-state index in [4.69, 9.17) is 28.2 Å². The SMILES string of the molecule is Cc1nn(C(C)c2nn(-c3ccc(C(N)=O)cc3)c3cc(Cl)ccc23)c2ncnc(N)c12. The number of hydrogen-bond donors (Lipinski definition) is 2. The summed E-state index contributed by atoms with van der Waals surface area (Å²) >= 11 is 6.30. The van der Waals surface area contributed by atoms with Crippen LogP contribution in [-0.4, -0.2) is 35.4 Å². The van der Waals surface area contributed by atoms with Crippen molar-refractivity contribution in [1.29, 1.82) is 0 Å². The van der Waals surface area contributed by atoms with Gasteiger partial charge >= 0.3 is 0 Å². The molecule has 0 aliphatic carbocycles. The highest BCUT2D eigenvalue weighted by Gasteiger charge is 2.23. The zero-order valence-corrected chi connectivity index (χ0v) is 18.1. The Balaban J connectivity index is 1.70. The van der Waals surface area contributed by atoms with Crippen molar-refractivity contribution in [2.24, 2.45) is 5.73 Å². The number of primary amides is 1. The van der Waals surface area contributed by atoms with Gasteiger partial charge in [-0.2, -0.15) is 10.2 Å². The van der Waals surface area contributed by atoms with E-state index in [0.29, 0.717) is 22.1 Å². The van der Waals surface area contributed by atoms with Gasteiger partial charge in [0.1, 0.15) is 12.1 Å². The minimum atomic E-state index is -0.485. The Kier molecular flexibility index (Phi) is 4.56. The first-order valence-corrected chi connectivity index (χ1v) is 10.3. The summed E-state index contributed by atoms with van der Waals surface area (Å²) in [5, 5.41) is 11.8. The molecule has 1 unspecified atom stereocenters. The quantitative estimate of drug-likeness (QED) is 0.435. The molecular formula is C22H19ClN8O. The number of nitrogens with two attached hydrogens (primary N) is 2. The smallest absolute Gasteiger partial charge is 0.248 e. The number of carbonyl (C=O) groups excluding carboxylic acids is 1. The van der Waals surface area contributed by atoms with Crippen molar-refractivity contribution in [2.75, 3.05) is 5.73 Å². The number of nitrogen functional groups attached to an aromatic ring is 1. The van der Waals surface area contributed by atoms with Gasteiger partial charge in [0.25, 0.3) is 0 Å². The first-order chi connectivity index (χ1) is 15.3. The summed E-state index contributed by atoms with van der Waals surface area (Å²) < 4.78 is 3.60. The molecule has 0 saturated heterocycles. The predicted octanol–water partition coefficient (Wildman–Crippen LogP) is 3.42. The molecule has 3 aromatic heterocycles. The fourth-order valence-corrected chi connectivity index (χ4v) is 4.11. The molecule has 0 saturated carbocycles. The summed E-state index contributed by atoms with van der Waals surface area (Å²) in [7, 11) is 0. The molecule has 3 heterocycles. The zero-order valence-electron chi connectivity index (χ0n) is 17.3. The van der Waals surface area contributed by atoms with Crippen LogP contribution in [-0.2, 0) is 0 Å². The Hall–Kier alpha value is -3.98. The first-order valence-electron chi connectivity index (χ1n) is 9.89. The van der Waals surface area contributed by atoms with E-state index in [2.05, 4.69) is 15.1 Å². The number of amides is 1. The molecule has 160 valence electrons. The Labute approximate surface area is 187 Å². The molecule has 0 aliphatic rings. The number of rotatable bonds is 4. The predicted molar refractivity (Wildman–Crippen MR) is 123 cm³/mol. The summed E-state index contributed by atoms with van der Waals surface area (Å²) in [6, 6.07) is 12.3. The maximum atomic E-state index is 11.4. The monoisotopic (exact) mass is 446 g/mol. The Bertz CT molecular complexity index is 1500. The molecule has 0 aliphatic heterocycles. The van der Waals surface area contributed by atoms with Gasteiger partial charge in [-0.15, -0.1) is 0 Å². The Morgan fingerprint density at radius 3 is 2.56 bits per heavy atom. The summed E-state index contributed by atoms with van der Waals surface area (Å²) in [4.78, 5) is 19.9. The second kappa shape index (κ2) is 7.31. The van der Waals surface area contributed by atoms with E-state index >= 15 is 0 Å². The van der Waals surface area contributed by atoms with E-state index in [-0.39, 0.29) is 6.04 Å². The second-order valence-corrected chi connectivity index (χ2v) is 7.97. The van der Waals surface area contributed by atoms with E-state index in [9.17, 15) is 4.79 Å². The number of aromatic nitrogens is 6. The van der Waals surface area contributed by atoms with Crippen molar-refractivity contribution in [3.8, 4) is 5.69 Å². The third kappa shape index (κ3) is 3.05. The standard InChI is InChI=1S/C22H19ClN8O/c1-11-18-20(24)26-10-27-22(18)30(28-11)12(2)19-16-8-5-14(23)9-17(16)31(29-19)15-6-3-13(4-7-15)21(25)32/h3-10,12H,1-2H3,(H2,25,32)(H2,24,26,27). The number of halogens is 1. The molecule has 1 atom stereocenters. The molecule has 4 N–H and O–H groups in total. The summed E-state index contributed by atoms with van der Waals surface area (Å²) in [5.41, 5.74) is 15.6. The minimum Gasteiger partial charge on any atom is -0.383 e. The number of fused-ring (bicyclic) bond motifs is 2. The van der Waals surface area contributed by atoms with Gasteiger partial charge in [0.15, 0.2) is 5.65 Å². The van der Waals surface area contributed by atoms with Crippen LogP contribution < -0.4 is 11.5 Å². The highest BCUT2D eigenvalue weighted by atomic mass is 35.5. The van der Waals surface area contributed by atoms with E-state index in [0.717, 1.165) is 33.4 Å². The average Bonchev–Trinajstić information content (AvgIpc) is 3.32. The Morgan fingerprint density at radius 1 is 1.09 bits per heavy atom. The lowest BCUT2D eigenvalue weighted by atomic mass is 10.1. The van der Waals surface area contributed by atoms with Crippen LogP contribution in [0, 0.1) is 6.92 Å². The maximum absolute atomic E-state index is 11.4. The largest absolute Gasteiger partial charge is 0.383 e. The second-order valence-electron chi connectivity index (χ2n) is 7.53. The third-order valence-electron chi connectivity index (χ3n) is 5.52. The van der Waals surface area contributed by atoms with Crippen LogP contribution in [0.15, 0.2) is 48.8 Å². The summed E-state index contributed by atoms with van der Waals surface area (Å²) in [6.45, 7) is 3.88. The van der Waals surface area contributed by atoms with Crippen molar-refractivity contribution in [1.82, 2.24) is 29.5 Å². The van der Waals surface area contributed by atoms with Gasteiger partial charge in [0, 0.05) is 16.0 Å². The molecule has 1 amide bonds. The van der Waals surface area contributed by atoms with Crippen LogP contribution in [0.25, 0.3) is 27.6 Å². The van der Waals surface area contributed by atoms with E-state index in [1.165, 1.54) is 6.33 Å². The van der Waals surface area contributed by atoms with Gasteiger partial charge in [-0.05, 0) is 56.3 Å². The number of nitrogens with zero attached hydrogens (tertiary/aromatic N) is 6. The molecule has 5 rings (SSSR count). The van der Waals surface area contributed by atoms with Crippen molar-refractivity contribution < 1.29 is 4.79 Å². The van der Waals surface area contributed by atoms with E-state index in [1.54, 1.807) is 33.6 Å². The van der Waals surface area contributed by atoms with E-state index in [1.807, 2.05) is 32.0 Å². The van der Waals surface area contributed by atoms with Gasteiger partial charge in [-0.25, -0.2) is 19.3 Å². The fraction of sp³-hybridized carbons (Fsp3) is 0.136. The third-order valence-corrected chi connectivity index (χ3v) is 5.76. The van der Waals surface area contributed by atoms with Crippen LogP contribution in [0.5, 0.6) is 0 Å². The molecular weight excluding hydrogens is 428 g/mol. The van der Waals surface area contributed by atoms with Gasteiger partial charge < -0.3 is 11.5 Å². The molecule has 2 aromatic carbocycles. The van der Waals surface area contributed by atoms with Gasteiger partial charge in [-0.1, -0.05) is 11.6 Å². The van der Waals surface area contributed by atoms with Crippen LogP contribution in [0.2, 0.25) is 5.02 Å². The first kappa shape index (κ1) is 20.0. The lowest BCUT2D eigenvalue weighted by Gasteiger charge is -2.11. The molecule has 0 spiro atoms. The van der Waals surface area contributed by atoms with Crippen LogP contribution >= 0.6 is 11.6 Å². The zero-order chi connectivity index (χ0) is 22.6. The number of carbonyl (C=O) groups is 1. The van der Waals surface area contributed by atoms with Crippen molar-refractivity contribution in [2.45, 2.75) is 19.9 Å². The number of anilines is 1. The molecule has 0 fully saturated rings. The molecule has 9 nitrogen and oxygen atoms in total. The maximum Gasteiger partial charge on any atom is 0.248 e. The molecule has 0 radical (unpaired) electrons. The number of aryl methyl sites for hydroxylation is 1. The van der Waals surface area contributed by atoms with Crippen LogP contribution in [0.4, 0.5) is 5.82 Å². The molecule has 0 bridgehead atoms. The Morgan fingerprint density at radius 2 is 1.84 bits per heavy atom. The van der Waals surface area contributed by atoms with Crippen LogP contribution in [0.3, 0.4) is 0 Å². The van der Waals surface area contributed by atoms with Gasteiger partial charge in [0.05, 0.1) is 34.0 Å². The highest BCUT2D eigenvalue weighted by Crippen LogP contribution is 2.32. The molecule has 5 aromatic rings. The minimum absolute atomic E-state index is 0.254. The van der Waals surface area contributed by atoms with Crippen molar-refractivity contribution in [3.63, 3.8) is 0 Å². The lowest BCUT2D eigenvalue weighted by molar-refractivity contribution is 0.100. The van der Waals surface area contributed by atoms with Crippen molar-refractivity contribution in [3.05, 3.63) is 70.8 Å². The summed E-state index contributed by atoms with van der Waals surface area (Å²) in [6.07, 6.45) is 1.43. The van der Waals surface area contributed by atoms with Crippen molar-refractivity contribution >= 4 is 45.3 Å². The number of benzene rings is 2.